The van der Waals surface area contributed by atoms with Crippen molar-refractivity contribution in [2.45, 2.75) is 141 Å². The monoisotopic (exact) mass is 2020 g/mol. The van der Waals surface area contributed by atoms with Crippen LogP contribution in [0.4, 0.5) is 0 Å². The summed E-state index contributed by atoms with van der Waals surface area (Å²) in [6.07, 6.45) is 44.0. The van der Waals surface area contributed by atoms with E-state index in [1.165, 1.54) is 36.5 Å². The zero-order valence-electron chi connectivity index (χ0n) is 81.7. The summed E-state index contributed by atoms with van der Waals surface area (Å²) >= 11 is 5.80. The molecule has 31 nitrogen and oxygen atoms in total. The number of ether oxygens (including phenoxy) is 24. The fourth-order valence-corrected chi connectivity index (χ4v) is 15.5. The molecule has 13 aliphatic rings. The summed E-state index contributed by atoms with van der Waals surface area (Å²) in [5, 5.41) is 0.695. The van der Waals surface area contributed by atoms with Gasteiger partial charge in [0.15, 0.2) is 69.0 Å². The lowest BCUT2D eigenvalue weighted by Gasteiger charge is -2.29. The third kappa shape index (κ3) is 32.4. The molecule has 13 aliphatic heterocycles. The highest BCUT2D eigenvalue weighted by atomic mass is 35.5. The second kappa shape index (κ2) is 52.5. The van der Waals surface area contributed by atoms with Crippen LogP contribution in [0.25, 0.3) is 42.5 Å². The molecule has 8 aromatic rings. The second-order valence-electron chi connectivity index (χ2n) is 34.3. The van der Waals surface area contributed by atoms with Crippen LogP contribution in [0.3, 0.4) is 0 Å². The van der Waals surface area contributed by atoms with Crippen LogP contribution in [0, 0.1) is 0 Å². The maximum Gasteiger partial charge on any atom is 0.335 e. The van der Waals surface area contributed by atoms with Crippen molar-refractivity contribution in [1.82, 2.24) is 0 Å². The maximum atomic E-state index is 11.8. The third-order valence-electron chi connectivity index (χ3n) is 23.0. The van der Waals surface area contributed by atoms with Crippen LogP contribution in [-0.4, -0.2) is 152 Å². The summed E-state index contributed by atoms with van der Waals surface area (Å²) in [7, 11) is 3.09. The highest BCUT2D eigenvalue weighted by Crippen LogP contribution is 2.41. The van der Waals surface area contributed by atoms with Crippen molar-refractivity contribution in [2.75, 3.05) is 68.2 Å². The molecule has 0 saturated heterocycles. The number of halogens is 1. The van der Waals surface area contributed by atoms with Gasteiger partial charge >= 0.3 is 41.8 Å². The van der Waals surface area contributed by atoms with E-state index in [9.17, 15) is 33.6 Å². The summed E-state index contributed by atoms with van der Waals surface area (Å²) in [5.74, 6) is 9.76. The minimum absolute atomic E-state index is 0.187. The molecule has 0 amide bonds. The van der Waals surface area contributed by atoms with Crippen molar-refractivity contribution in [3.05, 3.63) is 339 Å². The molecule has 0 fully saturated rings. The Bertz CT molecular complexity index is 6490. The molecule has 0 spiro atoms. The van der Waals surface area contributed by atoms with Gasteiger partial charge in [-0.1, -0.05) is 165 Å². The van der Waals surface area contributed by atoms with E-state index in [4.69, 9.17) is 125 Å². The van der Waals surface area contributed by atoms with Crippen molar-refractivity contribution in [3.63, 3.8) is 0 Å². The number of unbranched alkanes of at least 4 members (excludes halogenated alkanes) is 1. The molecular weight excluding hydrogens is 1910 g/mol. The average Bonchev–Trinajstić information content (AvgIpc) is 1.68. The molecule has 0 N–H and O–H groups in total. The summed E-state index contributed by atoms with van der Waals surface area (Å²) in [4.78, 5) is 80.3. The van der Waals surface area contributed by atoms with Crippen LogP contribution in [-0.2, 0) is 97.0 Å². The predicted molar refractivity (Wildman–Crippen MR) is 542 cm³/mol. The third-order valence-corrected chi connectivity index (χ3v) is 23.3. The molecule has 0 saturated carbocycles. The Morgan fingerprint density at radius 3 is 1.07 bits per heavy atom. The van der Waals surface area contributed by atoms with E-state index in [2.05, 4.69) is 6.92 Å². The smallest absolute Gasteiger partial charge is 0.335 e. The number of cyclic esters (lactones) is 7. The lowest BCUT2D eigenvalue weighted by molar-refractivity contribution is -0.150. The lowest BCUT2D eigenvalue weighted by Crippen LogP contribution is -2.33. The minimum Gasteiger partial charge on any atom is -0.501 e. The van der Waals surface area contributed by atoms with Crippen LogP contribution in [0.2, 0.25) is 5.02 Å². The van der Waals surface area contributed by atoms with Gasteiger partial charge in [-0.2, -0.15) is 0 Å². The largest absolute Gasteiger partial charge is 0.501 e. The van der Waals surface area contributed by atoms with Gasteiger partial charge in [0.1, 0.15) is 77.6 Å². The van der Waals surface area contributed by atoms with Gasteiger partial charge in [0.05, 0.1) is 57.8 Å². The molecule has 7 atom stereocenters. The zero-order chi connectivity index (χ0) is 103. The van der Waals surface area contributed by atoms with E-state index in [1.807, 2.05) is 275 Å². The highest BCUT2D eigenvalue weighted by molar-refractivity contribution is 6.30. The van der Waals surface area contributed by atoms with E-state index in [-0.39, 0.29) is 113 Å². The number of esters is 7. The number of carbonyl (C=O) groups is 7. The quantitative estimate of drug-likeness (QED) is 0.0276. The number of hydrogen-bond donors (Lipinski definition) is 0. The summed E-state index contributed by atoms with van der Waals surface area (Å²) in [5.41, 5.74) is 7.83. The molecule has 8 aromatic carbocycles. The van der Waals surface area contributed by atoms with E-state index >= 15 is 0 Å². The fraction of sp³-hybridized carbons (Fsp3) is 0.278. The molecule has 7 unspecified atom stereocenters. The molecular formula is C115H111ClO31. The van der Waals surface area contributed by atoms with Crippen molar-refractivity contribution in [2.24, 2.45) is 0 Å². The summed E-state index contributed by atoms with van der Waals surface area (Å²) < 4.78 is 128. The van der Waals surface area contributed by atoms with Gasteiger partial charge in [-0.3, -0.25) is 0 Å². The number of benzene rings is 8. The average molecular weight is 2020 g/mol. The van der Waals surface area contributed by atoms with Crippen molar-refractivity contribution >= 4 is 95.9 Å². The molecule has 0 aliphatic carbocycles. The van der Waals surface area contributed by atoms with E-state index < -0.39 is 11.6 Å². The first kappa shape index (κ1) is 105. The van der Waals surface area contributed by atoms with Crippen LogP contribution in [0.15, 0.2) is 289 Å². The molecule has 0 radical (unpaired) electrons. The first-order chi connectivity index (χ1) is 71.5. The number of hydrogen-bond acceptors (Lipinski definition) is 31. The topological polar surface area (TPSA) is 341 Å². The number of carbonyl (C=O) groups excluding carboxylic acids is 7. The van der Waals surface area contributed by atoms with Gasteiger partial charge in [0.2, 0.25) is 40.8 Å². The maximum absolute atomic E-state index is 11.8. The van der Waals surface area contributed by atoms with Gasteiger partial charge in [-0.15, -0.1) is 0 Å². The Morgan fingerprint density at radius 1 is 0.347 bits per heavy atom. The van der Waals surface area contributed by atoms with Gasteiger partial charge < -0.3 is 114 Å². The van der Waals surface area contributed by atoms with E-state index in [1.54, 1.807) is 21.1 Å². The molecule has 0 bridgehead atoms. The molecule has 147 heavy (non-hydrogen) atoms. The highest BCUT2D eigenvalue weighted by Gasteiger charge is 2.33. The normalized spacial score (nSPS) is 20.5. The zero-order valence-corrected chi connectivity index (χ0v) is 82.5. The van der Waals surface area contributed by atoms with Gasteiger partial charge in [0, 0.05) is 61.6 Å². The van der Waals surface area contributed by atoms with Gasteiger partial charge in [-0.05, 0) is 199 Å². The predicted octanol–water partition coefficient (Wildman–Crippen LogP) is 21.2. The Kier molecular flexibility index (Phi) is 37.4. The Hall–Kier alpha value is -16.7. The van der Waals surface area contributed by atoms with Crippen molar-refractivity contribution in [3.8, 4) is 69.0 Å². The number of rotatable bonds is 26. The summed E-state index contributed by atoms with van der Waals surface area (Å²) in [6, 6.07) is 51.4. The van der Waals surface area contributed by atoms with Crippen LogP contribution < -0.4 is 56.8 Å². The fourth-order valence-electron chi connectivity index (χ4n) is 15.4. The second-order valence-corrected chi connectivity index (χ2v) is 34.7. The van der Waals surface area contributed by atoms with Gasteiger partial charge in [0.25, 0.3) is 0 Å². The minimum atomic E-state index is -0.715. The SMILES string of the molecule is CC1=CCC(/C=C/c2ccc3c(c2)OCO3)OC1=O.CCCCOC1=CC(=O)OC(/C=C/c2ccc3c(c2)OCO3)C1.CCCOC1=CC(=O)OC(/C=C/c2ccc3c(c2)OCO3)C1.COC1=CC(=O)OC(/C=C/c2ccc(Cl)cc2)C1.COC1=CC(=O)OC(C)(/C=C/c2ccc3c(c2)OCO3)C1.O=C1C=C(OCc2ccccc2)CC(/C=C/c2ccc3c(c2)OCO3)O1.O=C1C=CCC(/C=C/c2ccc3c(c2)OCO3)O1. The molecule has 0 aromatic heterocycles. The van der Waals surface area contributed by atoms with Gasteiger partial charge in [-0.25, -0.2) is 33.6 Å². The van der Waals surface area contributed by atoms with Crippen LogP contribution >= 0.6 is 11.6 Å². The first-order valence-corrected chi connectivity index (χ1v) is 48.2. The standard InChI is InChI=1S/C21H18O5.C18H20O5.C17H18O5.C16H16O5.C15H14O4.C14H13ClO3.C14H12O4/c22-21-12-18(23-13-16-4-2-1-3-5-16)11-17(26-21)8-6-15-7-9-19-20(10-15)25-14-24-19;1-2-3-8-20-15-10-14(23-18(19)11-15)6-4-13-5-7-16-17(9-13)22-12-21-16;1-2-7-19-14-9-13(22-17(18)10-14)5-3-12-4-6-15-16(8-12)21-11-20-15;1-16(9-12(18-2)8-15(17)21-16)6-5-11-3-4-13-14(7-11)20-10-19-13;1-10-2-5-12(19-15(10)16)6-3-11-4-7-13-14(8-11)18-9-17-13;1-17-13-8-12(18-14(16)9-13)7-4-10-2-5-11(15)6-3-10;15-14-3-1-2-11(18-14)6-4-10-5-7-12-13(8-10)17-9-16-12/h1-10,12,17H,11,13-14H2;4-7,9,11,14H,2-3,8,10,12H2,1H3;3-6,8,10,13H,2,7,9,11H2,1H3;3-8H,9-10H2,1-2H3;2-4,6-8,12H,5,9H2,1H3;2-7,9,12H,8H2,1H3;1,3-8,11H,2,9H2/b8-6+;6-4+;5-3+;6-5+;6-3+;7-4+;6-4+. The summed E-state index contributed by atoms with van der Waals surface area (Å²) in [6.45, 7) is 11.0. The Balaban J connectivity index is 0.000000129. The number of fused-ring (bicyclic) bond motifs is 6. The van der Waals surface area contributed by atoms with E-state index in [0.717, 1.165) is 139 Å². The Labute approximate surface area is 855 Å². The van der Waals surface area contributed by atoms with E-state index in [0.29, 0.717) is 97.7 Å². The molecule has 13 heterocycles. The first-order valence-electron chi connectivity index (χ1n) is 47.8. The van der Waals surface area contributed by atoms with Crippen molar-refractivity contribution in [1.29, 1.82) is 0 Å². The Morgan fingerprint density at radius 2 is 0.687 bits per heavy atom. The van der Waals surface area contributed by atoms with Crippen LogP contribution in [0.5, 0.6) is 69.0 Å². The molecule has 21 rings (SSSR count). The molecule has 764 valence electrons. The number of methoxy groups -OCH3 is 2. The van der Waals surface area contributed by atoms with Crippen LogP contribution in [0.1, 0.15) is 136 Å². The lowest BCUT2D eigenvalue weighted by atomic mass is 9.96. The van der Waals surface area contributed by atoms with Crippen molar-refractivity contribution < 1.29 is 147 Å². The molecule has 32 heteroatoms.